The first-order valence-electron chi connectivity index (χ1n) is 5.02. The van der Waals surface area contributed by atoms with Crippen LogP contribution in [0.5, 0.6) is 0 Å². The van der Waals surface area contributed by atoms with Crippen LogP contribution in [0.1, 0.15) is 35.9 Å². The van der Waals surface area contributed by atoms with E-state index in [1.165, 1.54) is 6.20 Å². The fourth-order valence-corrected chi connectivity index (χ4v) is 1.24. The molecule has 84 valence electrons. The maximum Gasteiger partial charge on any atom is 0.290 e. The molecule has 0 aromatic carbocycles. The van der Waals surface area contributed by atoms with Crippen molar-refractivity contribution in [2.24, 2.45) is 0 Å². The molecule has 0 fully saturated rings. The molecule has 0 radical (unpaired) electrons. The summed E-state index contributed by atoms with van der Waals surface area (Å²) in [4.78, 5) is 11.5. The second-order valence-corrected chi connectivity index (χ2v) is 3.49. The van der Waals surface area contributed by atoms with Gasteiger partial charge in [-0.25, -0.2) is 0 Å². The van der Waals surface area contributed by atoms with E-state index in [0.717, 1.165) is 6.42 Å². The zero-order valence-corrected chi connectivity index (χ0v) is 8.99. The minimum Gasteiger partial charge on any atom is -0.391 e. The average Bonchev–Trinajstić information content (AvgIpc) is 2.61. The third-order valence-electron chi connectivity index (χ3n) is 2.07. The molecule has 15 heavy (non-hydrogen) atoms. The van der Waals surface area contributed by atoms with Crippen LogP contribution in [0.3, 0.4) is 0 Å². The van der Waals surface area contributed by atoms with E-state index in [-0.39, 0.29) is 18.2 Å². The smallest absolute Gasteiger partial charge is 0.290 e. The minimum absolute atomic E-state index is 0.207. The summed E-state index contributed by atoms with van der Waals surface area (Å²) in [5.41, 5.74) is 0.692. The Bertz CT molecular complexity index is 322. The van der Waals surface area contributed by atoms with Crippen LogP contribution in [-0.2, 0) is 0 Å². The summed E-state index contributed by atoms with van der Waals surface area (Å²) in [7, 11) is 0. The Morgan fingerprint density at radius 1 is 1.73 bits per heavy atom. The van der Waals surface area contributed by atoms with E-state index in [0.29, 0.717) is 12.0 Å². The molecule has 0 saturated carbocycles. The second-order valence-electron chi connectivity index (χ2n) is 3.49. The van der Waals surface area contributed by atoms with Crippen LogP contribution < -0.4 is 5.32 Å². The zero-order chi connectivity index (χ0) is 11.3. The van der Waals surface area contributed by atoms with Gasteiger partial charge in [0.05, 0.1) is 12.3 Å². The molecule has 1 unspecified atom stereocenters. The van der Waals surface area contributed by atoms with Crippen molar-refractivity contribution >= 4 is 5.91 Å². The number of aliphatic hydroxyl groups excluding tert-OH is 1. The van der Waals surface area contributed by atoms with E-state index in [9.17, 15) is 9.90 Å². The topological polar surface area (TPSA) is 75.4 Å². The van der Waals surface area contributed by atoms with Crippen molar-refractivity contribution in [1.82, 2.24) is 10.5 Å². The molecule has 1 atom stereocenters. The molecule has 1 aromatic rings. The molecular formula is C10H16N2O3. The molecule has 0 aliphatic heterocycles. The van der Waals surface area contributed by atoms with E-state index in [1.807, 2.05) is 6.92 Å². The van der Waals surface area contributed by atoms with Crippen molar-refractivity contribution in [2.75, 3.05) is 6.54 Å². The largest absolute Gasteiger partial charge is 0.391 e. The highest BCUT2D eigenvalue weighted by molar-refractivity contribution is 5.92. The highest BCUT2D eigenvalue weighted by Crippen LogP contribution is 2.05. The maximum atomic E-state index is 11.5. The highest BCUT2D eigenvalue weighted by atomic mass is 16.5. The van der Waals surface area contributed by atoms with Crippen LogP contribution in [-0.4, -0.2) is 28.8 Å². The number of aliphatic hydroxyl groups is 1. The SMILES string of the molecule is CCCC(O)CNC(=O)c1oncc1C. The third-order valence-corrected chi connectivity index (χ3v) is 2.07. The number of hydrogen-bond donors (Lipinski definition) is 2. The quantitative estimate of drug-likeness (QED) is 0.759. The standard InChI is InChI=1S/C10H16N2O3/c1-3-4-8(13)6-11-10(14)9-7(2)5-12-15-9/h5,8,13H,3-4,6H2,1-2H3,(H,11,14). The zero-order valence-electron chi connectivity index (χ0n) is 8.99. The Labute approximate surface area is 88.5 Å². The van der Waals surface area contributed by atoms with E-state index in [1.54, 1.807) is 6.92 Å². The fourth-order valence-electron chi connectivity index (χ4n) is 1.24. The van der Waals surface area contributed by atoms with Gasteiger partial charge in [0, 0.05) is 12.1 Å². The summed E-state index contributed by atoms with van der Waals surface area (Å²) < 4.78 is 4.77. The number of carbonyl (C=O) groups is 1. The third kappa shape index (κ3) is 3.36. The summed E-state index contributed by atoms with van der Waals surface area (Å²) >= 11 is 0. The number of rotatable bonds is 5. The summed E-state index contributed by atoms with van der Waals surface area (Å²) in [5.74, 6) is -0.126. The molecule has 1 heterocycles. The molecule has 2 N–H and O–H groups in total. The van der Waals surface area contributed by atoms with Crippen molar-refractivity contribution in [1.29, 1.82) is 0 Å². The summed E-state index contributed by atoms with van der Waals surface area (Å²) in [6, 6.07) is 0. The molecule has 5 nitrogen and oxygen atoms in total. The Morgan fingerprint density at radius 3 is 3.00 bits per heavy atom. The van der Waals surface area contributed by atoms with E-state index in [2.05, 4.69) is 10.5 Å². The van der Waals surface area contributed by atoms with Gasteiger partial charge in [-0.15, -0.1) is 0 Å². The van der Waals surface area contributed by atoms with Crippen molar-refractivity contribution in [2.45, 2.75) is 32.8 Å². The van der Waals surface area contributed by atoms with Gasteiger partial charge in [0.2, 0.25) is 5.76 Å². The van der Waals surface area contributed by atoms with E-state index in [4.69, 9.17) is 4.52 Å². The molecule has 0 aliphatic carbocycles. The lowest BCUT2D eigenvalue weighted by Crippen LogP contribution is -2.32. The number of amides is 1. The minimum atomic E-state index is -0.498. The maximum absolute atomic E-state index is 11.5. The first kappa shape index (κ1) is 11.7. The molecule has 0 saturated heterocycles. The van der Waals surface area contributed by atoms with Gasteiger partial charge in [-0.1, -0.05) is 18.5 Å². The van der Waals surface area contributed by atoms with Gasteiger partial charge in [0.25, 0.3) is 5.91 Å². The number of carbonyl (C=O) groups excluding carboxylic acids is 1. The lowest BCUT2D eigenvalue weighted by atomic mass is 10.2. The monoisotopic (exact) mass is 212 g/mol. The molecular weight excluding hydrogens is 196 g/mol. The predicted molar refractivity (Wildman–Crippen MR) is 54.5 cm³/mol. The lowest BCUT2D eigenvalue weighted by Gasteiger charge is -2.09. The number of nitrogens with one attached hydrogen (secondary N) is 1. The van der Waals surface area contributed by atoms with Gasteiger partial charge in [-0.3, -0.25) is 4.79 Å². The van der Waals surface area contributed by atoms with Crippen LogP contribution in [0.4, 0.5) is 0 Å². The first-order chi connectivity index (χ1) is 7.15. The summed E-state index contributed by atoms with van der Waals surface area (Å²) in [6.07, 6.45) is 2.55. The Hall–Kier alpha value is -1.36. The number of nitrogens with zero attached hydrogens (tertiary/aromatic N) is 1. The Morgan fingerprint density at radius 2 is 2.47 bits per heavy atom. The Kier molecular flexibility index (Phi) is 4.30. The normalized spacial score (nSPS) is 12.5. The van der Waals surface area contributed by atoms with Gasteiger partial charge in [0.15, 0.2) is 0 Å². The summed E-state index contributed by atoms with van der Waals surface area (Å²) in [6.45, 7) is 3.96. The van der Waals surface area contributed by atoms with Gasteiger partial charge in [-0.05, 0) is 13.3 Å². The van der Waals surface area contributed by atoms with E-state index < -0.39 is 6.10 Å². The number of aryl methyl sites for hydroxylation is 1. The first-order valence-corrected chi connectivity index (χ1v) is 5.02. The fraction of sp³-hybridized carbons (Fsp3) is 0.600. The van der Waals surface area contributed by atoms with Gasteiger partial charge in [-0.2, -0.15) is 0 Å². The molecule has 5 heteroatoms. The molecule has 0 aliphatic rings. The number of aromatic nitrogens is 1. The molecule has 0 spiro atoms. The van der Waals surface area contributed by atoms with Crippen LogP contribution >= 0.6 is 0 Å². The summed E-state index contributed by atoms with van der Waals surface area (Å²) in [5, 5.41) is 15.5. The van der Waals surface area contributed by atoms with Gasteiger partial charge in [0.1, 0.15) is 0 Å². The average molecular weight is 212 g/mol. The van der Waals surface area contributed by atoms with Crippen LogP contribution in [0, 0.1) is 6.92 Å². The number of hydrogen-bond acceptors (Lipinski definition) is 4. The molecule has 0 bridgehead atoms. The van der Waals surface area contributed by atoms with Crippen LogP contribution in [0.15, 0.2) is 10.7 Å². The molecule has 1 aromatic heterocycles. The second kappa shape index (κ2) is 5.50. The van der Waals surface area contributed by atoms with Gasteiger partial charge >= 0.3 is 0 Å². The van der Waals surface area contributed by atoms with Gasteiger partial charge < -0.3 is 14.9 Å². The van der Waals surface area contributed by atoms with Crippen molar-refractivity contribution < 1.29 is 14.4 Å². The van der Waals surface area contributed by atoms with Crippen molar-refractivity contribution in [3.8, 4) is 0 Å². The van der Waals surface area contributed by atoms with Crippen molar-refractivity contribution in [3.05, 3.63) is 17.5 Å². The van der Waals surface area contributed by atoms with Crippen molar-refractivity contribution in [3.63, 3.8) is 0 Å². The van der Waals surface area contributed by atoms with Crippen LogP contribution in [0.2, 0.25) is 0 Å². The van der Waals surface area contributed by atoms with Crippen LogP contribution in [0.25, 0.3) is 0 Å². The molecule has 1 amide bonds. The van der Waals surface area contributed by atoms with E-state index >= 15 is 0 Å². The molecule has 1 rings (SSSR count). The lowest BCUT2D eigenvalue weighted by molar-refractivity contribution is 0.0873. The Balaban J connectivity index is 2.40. The highest BCUT2D eigenvalue weighted by Gasteiger charge is 2.14. The predicted octanol–water partition coefficient (Wildman–Crippen LogP) is 0.874.